The van der Waals surface area contributed by atoms with E-state index in [0.717, 1.165) is 11.1 Å². The van der Waals surface area contributed by atoms with Crippen molar-refractivity contribution in [2.75, 3.05) is 4.90 Å². The van der Waals surface area contributed by atoms with Gasteiger partial charge in [-0.15, -0.1) is 10.2 Å². The molecule has 1 fully saturated rings. The first-order valence-electron chi connectivity index (χ1n) is 11.2. The van der Waals surface area contributed by atoms with Crippen molar-refractivity contribution in [1.82, 2.24) is 15.2 Å². The summed E-state index contributed by atoms with van der Waals surface area (Å²) < 4.78 is 5.86. The zero-order valence-electron chi connectivity index (χ0n) is 19.6. The molecule has 3 heterocycles. The average Bonchev–Trinajstić information content (AvgIpc) is 3.43. The predicted molar refractivity (Wildman–Crippen MR) is 136 cm³/mol. The number of aryl methyl sites for hydroxylation is 2. The first-order chi connectivity index (χ1) is 17.4. The summed E-state index contributed by atoms with van der Waals surface area (Å²) in [7, 11) is 0. The molecule has 0 bridgehead atoms. The van der Waals surface area contributed by atoms with Gasteiger partial charge in [0.25, 0.3) is 5.78 Å². The summed E-state index contributed by atoms with van der Waals surface area (Å²) in [6.07, 6.45) is 3.16. The largest absolute Gasteiger partial charge is 0.507 e. The third kappa shape index (κ3) is 4.48. The number of ketones is 1. The van der Waals surface area contributed by atoms with Gasteiger partial charge in [-0.2, -0.15) is 0 Å². The Bertz CT molecular complexity index is 1460. The number of carbonyl (C=O) groups excluding carboxylic acids is 2. The van der Waals surface area contributed by atoms with Crippen LogP contribution in [0.4, 0.5) is 5.13 Å². The summed E-state index contributed by atoms with van der Waals surface area (Å²) in [5, 5.41) is 20.2. The summed E-state index contributed by atoms with van der Waals surface area (Å²) in [4.78, 5) is 31.6. The molecule has 36 heavy (non-hydrogen) atoms. The van der Waals surface area contributed by atoms with Gasteiger partial charge in [0.15, 0.2) is 0 Å². The van der Waals surface area contributed by atoms with E-state index in [1.165, 1.54) is 16.2 Å². The third-order valence-electron chi connectivity index (χ3n) is 5.78. The van der Waals surface area contributed by atoms with Crippen LogP contribution in [0.15, 0.2) is 78.6 Å². The number of carbonyl (C=O) groups is 2. The van der Waals surface area contributed by atoms with E-state index in [0.29, 0.717) is 28.5 Å². The Labute approximate surface area is 211 Å². The molecule has 0 spiro atoms. The number of ether oxygens (including phenoxy) is 1. The van der Waals surface area contributed by atoms with Crippen LogP contribution in [0.3, 0.4) is 0 Å². The number of hydrogen-bond acceptors (Lipinski definition) is 8. The number of pyridine rings is 1. The highest BCUT2D eigenvalue weighted by Crippen LogP contribution is 2.42. The summed E-state index contributed by atoms with van der Waals surface area (Å²) in [6, 6.07) is 17.4. The van der Waals surface area contributed by atoms with Crippen LogP contribution in [0, 0.1) is 13.8 Å². The van der Waals surface area contributed by atoms with E-state index in [1.54, 1.807) is 55.7 Å². The molecule has 1 aliphatic heterocycles. The predicted octanol–water partition coefficient (Wildman–Crippen LogP) is 4.76. The molecule has 4 aromatic rings. The molecule has 0 radical (unpaired) electrons. The smallest absolute Gasteiger partial charge is 0.301 e. The van der Waals surface area contributed by atoms with Gasteiger partial charge >= 0.3 is 5.91 Å². The zero-order chi connectivity index (χ0) is 25.2. The maximum Gasteiger partial charge on any atom is 0.301 e. The summed E-state index contributed by atoms with van der Waals surface area (Å²) >= 11 is 1.19. The molecular weight excluding hydrogens is 476 g/mol. The van der Waals surface area contributed by atoms with E-state index < -0.39 is 17.7 Å². The SMILES string of the molecule is Cc1cccc(COc2ccc(C(O)=C3C(=O)C(=O)N(c4nnc(C)s4)[C@H]3c3cccnc3)cc2)c1. The van der Waals surface area contributed by atoms with E-state index in [2.05, 4.69) is 21.2 Å². The maximum absolute atomic E-state index is 13.2. The molecule has 1 amide bonds. The fourth-order valence-electron chi connectivity index (χ4n) is 4.10. The number of amides is 1. The Morgan fingerprint density at radius 1 is 1.06 bits per heavy atom. The van der Waals surface area contributed by atoms with Crippen LogP contribution in [-0.4, -0.2) is 32.0 Å². The summed E-state index contributed by atoms with van der Waals surface area (Å²) in [5.74, 6) is -1.24. The van der Waals surface area contributed by atoms with Gasteiger partial charge in [0.05, 0.1) is 11.6 Å². The lowest BCUT2D eigenvalue weighted by Gasteiger charge is -2.22. The van der Waals surface area contributed by atoms with Crippen molar-refractivity contribution in [1.29, 1.82) is 0 Å². The molecule has 9 heteroatoms. The second kappa shape index (κ2) is 9.71. The second-order valence-electron chi connectivity index (χ2n) is 8.36. The molecular formula is C27H22N4O4S. The highest BCUT2D eigenvalue weighted by atomic mass is 32.1. The maximum atomic E-state index is 13.2. The van der Waals surface area contributed by atoms with Gasteiger partial charge in [-0.1, -0.05) is 47.2 Å². The number of Topliss-reactive ketones (excluding diaryl/α,β-unsaturated/α-hetero) is 1. The van der Waals surface area contributed by atoms with Crippen LogP contribution in [0.5, 0.6) is 5.75 Å². The van der Waals surface area contributed by atoms with Gasteiger partial charge in [0.2, 0.25) is 5.13 Å². The van der Waals surface area contributed by atoms with E-state index >= 15 is 0 Å². The van der Waals surface area contributed by atoms with Crippen molar-refractivity contribution in [3.63, 3.8) is 0 Å². The van der Waals surface area contributed by atoms with Crippen molar-refractivity contribution in [3.05, 3.63) is 106 Å². The molecule has 0 saturated carbocycles. The minimum absolute atomic E-state index is 0.0331. The number of hydrogen-bond donors (Lipinski definition) is 1. The fourth-order valence-corrected chi connectivity index (χ4v) is 4.81. The molecule has 180 valence electrons. The van der Waals surface area contributed by atoms with Crippen LogP contribution >= 0.6 is 11.3 Å². The lowest BCUT2D eigenvalue weighted by Crippen LogP contribution is -2.29. The zero-order valence-corrected chi connectivity index (χ0v) is 20.4. The Balaban J connectivity index is 1.48. The highest BCUT2D eigenvalue weighted by Gasteiger charge is 2.48. The molecule has 1 aliphatic rings. The minimum Gasteiger partial charge on any atom is -0.507 e. The standard InChI is InChI=1S/C27H22N4O4S/c1-16-5-3-6-18(13-16)15-35-21-10-8-19(9-11-21)24(32)22-23(20-7-4-12-28-14-20)31(26(34)25(22)33)27-30-29-17(2)36-27/h3-14,23,32H,15H2,1-2H3/t23-/m0/s1. The Morgan fingerprint density at radius 3 is 2.53 bits per heavy atom. The Kier molecular flexibility index (Phi) is 6.30. The number of nitrogens with zero attached hydrogens (tertiary/aromatic N) is 4. The van der Waals surface area contributed by atoms with Crippen LogP contribution in [0.2, 0.25) is 0 Å². The Hall–Kier alpha value is -4.37. The monoisotopic (exact) mass is 498 g/mol. The molecule has 0 aliphatic carbocycles. The van der Waals surface area contributed by atoms with Gasteiger partial charge in [-0.25, -0.2) is 0 Å². The summed E-state index contributed by atoms with van der Waals surface area (Å²) in [6.45, 7) is 4.19. The normalized spacial score (nSPS) is 16.9. The Morgan fingerprint density at radius 2 is 1.86 bits per heavy atom. The number of rotatable bonds is 6. The van der Waals surface area contributed by atoms with Gasteiger partial charge < -0.3 is 9.84 Å². The van der Waals surface area contributed by atoms with Gasteiger partial charge in [-0.05, 0) is 55.3 Å². The molecule has 5 rings (SSSR count). The highest BCUT2D eigenvalue weighted by molar-refractivity contribution is 7.15. The van der Waals surface area contributed by atoms with Gasteiger partial charge in [0.1, 0.15) is 23.1 Å². The van der Waals surface area contributed by atoms with Crippen LogP contribution in [-0.2, 0) is 16.2 Å². The number of aromatic nitrogens is 3. The molecule has 1 saturated heterocycles. The van der Waals surface area contributed by atoms with Crippen LogP contribution < -0.4 is 9.64 Å². The van der Waals surface area contributed by atoms with Gasteiger partial charge in [-0.3, -0.25) is 19.5 Å². The molecule has 1 atom stereocenters. The summed E-state index contributed by atoms with van der Waals surface area (Å²) in [5.41, 5.74) is 3.13. The van der Waals surface area contributed by atoms with Crippen molar-refractivity contribution < 1.29 is 19.4 Å². The van der Waals surface area contributed by atoms with Crippen molar-refractivity contribution in [2.24, 2.45) is 0 Å². The average molecular weight is 499 g/mol. The first-order valence-corrected chi connectivity index (χ1v) is 12.0. The first kappa shape index (κ1) is 23.4. The van der Waals surface area contributed by atoms with Crippen LogP contribution in [0.1, 0.15) is 33.3 Å². The quantitative estimate of drug-likeness (QED) is 0.232. The second-order valence-corrected chi connectivity index (χ2v) is 9.52. The third-order valence-corrected chi connectivity index (χ3v) is 6.62. The van der Waals surface area contributed by atoms with Crippen molar-refractivity contribution in [3.8, 4) is 5.75 Å². The molecule has 2 aromatic carbocycles. The van der Waals surface area contributed by atoms with E-state index in [-0.39, 0.29) is 16.5 Å². The molecule has 8 nitrogen and oxygen atoms in total. The number of benzene rings is 2. The number of aliphatic hydroxyl groups excluding tert-OH is 1. The molecule has 2 aromatic heterocycles. The fraction of sp³-hybridized carbons (Fsp3) is 0.148. The van der Waals surface area contributed by atoms with E-state index in [4.69, 9.17) is 4.74 Å². The lowest BCUT2D eigenvalue weighted by atomic mass is 9.96. The van der Waals surface area contributed by atoms with E-state index in [9.17, 15) is 14.7 Å². The lowest BCUT2D eigenvalue weighted by molar-refractivity contribution is -0.132. The van der Waals surface area contributed by atoms with E-state index in [1.807, 2.05) is 25.1 Å². The number of anilines is 1. The van der Waals surface area contributed by atoms with Crippen molar-refractivity contribution in [2.45, 2.75) is 26.5 Å². The van der Waals surface area contributed by atoms with Crippen LogP contribution in [0.25, 0.3) is 5.76 Å². The topological polar surface area (TPSA) is 106 Å². The molecule has 0 unspecified atom stereocenters. The molecule has 1 N–H and O–H groups in total. The number of aliphatic hydroxyl groups is 1. The van der Waals surface area contributed by atoms with Gasteiger partial charge in [0, 0.05) is 18.0 Å². The van der Waals surface area contributed by atoms with Crippen molar-refractivity contribution >= 4 is 33.9 Å². The minimum atomic E-state index is -0.886.